The molecule has 2 N–H and O–H groups in total. The van der Waals surface area contributed by atoms with E-state index in [4.69, 9.17) is 14.2 Å². The molecule has 1 aliphatic rings. The molecular formula is C19H31ClN2O4. The molecule has 0 radical (unpaired) electrons. The third-order valence-corrected chi connectivity index (χ3v) is 4.07. The SMILES string of the molecule is COc1cc(C(C)NC(=O)CC2COCCN2)ccc1OCC(C)C.Cl. The van der Waals surface area contributed by atoms with E-state index in [1.807, 2.05) is 25.1 Å². The Morgan fingerprint density at radius 2 is 2.12 bits per heavy atom. The number of carbonyl (C=O) groups is 1. The topological polar surface area (TPSA) is 68.8 Å². The summed E-state index contributed by atoms with van der Waals surface area (Å²) in [6.07, 6.45) is 0.414. The number of benzene rings is 1. The van der Waals surface area contributed by atoms with E-state index in [9.17, 15) is 4.79 Å². The third kappa shape index (κ3) is 7.02. The van der Waals surface area contributed by atoms with Crippen LogP contribution >= 0.6 is 12.4 Å². The fourth-order valence-electron chi connectivity index (χ4n) is 2.69. The Bertz CT molecular complexity index is 562. The highest BCUT2D eigenvalue weighted by Gasteiger charge is 2.19. The van der Waals surface area contributed by atoms with Crippen LogP contribution in [0.25, 0.3) is 0 Å². The first-order valence-corrected chi connectivity index (χ1v) is 8.90. The number of halogens is 1. The summed E-state index contributed by atoms with van der Waals surface area (Å²) in [4.78, 5) is 12.2. The van der Waals surface area contributed by atoms with Gasteiger partial charge in [-0.1, -0.05) is 19.9 Å². The van der Waals surface area contributed by atoms with E-state index >= 15 is 0 Å². The van der Waals surface area contributed by atoms with E-state index in [1.165, 1.54) is 0 Å². The van der Waals surface area contributed by atoms with Crippen LogP contribution in [0.4, 0.5) is 0 Å². The molecule has 1 amide bonds. The minimum Gasteiger partial charge on any atom is -0.493 e. The number of hydrogen-bond acceptors (Lipinski definition) is 5. The molecule has 0 aliphatic carbocycles. The predicted molar refractivity (Wildman–Crippen MR) is 104 cm³/mol. The number of hydrogen-bond donors (Lipinski definition) is 2. The summed E-state index contributed by atoms with van der Waals surface area (Å²) in [5.41, 5.74) is 0.981. The second kappa shape index (κ2) is 11.3. The number of rotatable bonds is 8. The van der Waals surface area contributed by atoms with Gasteiger partial charge in [-0.25, -0.2) is 0 Å². The van der Waals surface area contributed by atoms with Gasteiger partial charge in [0.25, 0.3) is 0 Å². The molecule has 0 bridgehead atoms. The van der Waals surface area contributed by atoms with Gasteiger partial charge in [0, 0.05) is 19.0 Å². The van der Waals surface area contributed by atoms with Crippen LogP contribution in [0.15, 0.2) is 18.2 Å². The average molecular weight is 387 g/mol. The Labute approximate surface area is 162 Å². The molecular weight excluding hydrogens is 356 g/mol. The summed E-state index contributed by atoms with van der Waals surface area (Å²) in [6, 6.07) is 5.76. The van der Waals surface area contributed by atoms with Crippen LogP contribution in [0.5, 0.6) is 11.5 Å². The Kier molecular flexibility index (Phi) is 9.76. The normalized spacial score (nSPS) is 18.0. The maximum Gasteiger partial charge on any atom is 0.222 e. The zero-order valence-corrected chi connectivity index (χ0v) is 16.9. The van der Waals surface area contributed by atoms with Gasteiger partial charge < -0.3 is 24.8 Å². The van der Waals surface area contributed by atoms with Crippen molar-refractivity contribution in [3.05, 3.63) is 23.8 Å². The lowest BCUT2D eigenvalue weighted by Crippen LogP contribution is -2.44. The molecule has 1 aromatic carbocycles. The molecule has 26 heavy (non-hydrogen) atoms. The monoisotopic (exact) mass is 386 g/mol. The zero-order chi connectivity index (χ0) is 18.2. The van der Waals surface area contributed by atoms with Crippen LogP contribution in [0.3, 0.4) is 0 Å². The first-order chi connectivity index (χ1) is 12.0. The van der Waals surface area contributed by atoms with Crippen molar-refractivity contribution in [1.82, 2.24) is 10.6 Å². The number of carbonyl (C=O) groups excluding carboxylic acids is 1. The molecule has 0 spiro atoms. The van der Waals surface area contributed by atoms with E-state index in [1.54, 1.807) is 7.11 Å². The summed E-state index contributed by atoms with van der Waals surface area (Å²) in [5, 5.41) is 6.32. The van der Waals surface area contributed by atoms with Gasteiger partial charge >= 0.3 is 0 Å². The predicted octanol–water partition coefficient (Wildman–Crippen LogP) is 2.71. The van der Waals surface area contributed by atoms with Crippen LogP contribution in [-0.2, 0) is 9.53 Å². The second-order valence-corrected chi connectivity index (χ2v) is 6.83. The molecule has 2 unspecified atom stereocenters. The van der Waals surface area contributed by atoms with Crippen molar-refractivity contribution in [2.75, 3.05) is 33.5 Å². The molecule has 7 heteroatoms. The molecule has 0 saturated carbocycles. The largest absolute Gasteiger partial charge is 0.493 e. The summed E-state index contributed by atoms with van der Waals surface area (Å²) >= 11 is 0. The average Bonchev–Trinajstić information content (AvgIpc) is 2.60. The lowest BCUT2D eigenvalue weighted by atomic mass is 10.1. The quantitative estimate of drug-likeness (QED) is 0.719. The smallest absolute Gasteiger partial charge is 0.222 e. The lowest BCUT2D eigenvalue weighted by Gasteiger charge is -2.24. The molecule has 2 rings (SSSR count). The van der Waals surface area contributed by atoms with E-state index in [2.05, 4.69) is 24.5 Å². The van der Waals surface area contributed by atoms with Gasteiger partial charge in [0.15, 0.2) is 11.5 Å². The van der Waals surface area contributed by atoms with Crippen molar-refractivity contribution < 1.29 is 19.0 Å². The highest BCUT2D eigenvalue weighted by atomic mass is 35.5. The van der Waals surface area contributed by atoms with E-state index in [-0.39, 0.29) is 30.4 Å². The zero-order valence-electron chi connectivity index (χ0n) is 16.0. The van der Waals surface area contributed by atoms with E-state index in [0.717, 1.165) is 17.9 Å². The van der Waals surface area contributed by atoms with Crippen LogP contribution in [0.2, 0.25) is 0 Å². The maximum absolute atomic E-state index is 12.2. The first-order valence-electron chi connectivity index (χ1n) is 8.90. The Morgan fingerprint density at radius 1 is 1.35 bits per heavy atom. The van der Waals surface area contributed by atoms with E-state index < -0.39 is 0 Å². The molecule has 1 saturated heterocycles. The first kappa shape index (κ1) is 22.5. The summed E-state index contributed by atoms with van der Waals surface area (Å²) in [7, 11) is 1.62. The van der Waals surface area contributed by atoms with Crippen molar-refractivity contribution in [2.24, 2.45) is 5.92 Å². The van der Waals surface area contributed by atoms with Crippen LogP contribution in [0.1, 0.15) is 38.8 Å². The second-order valence-electron chi connectivity index (χ2n) is 6.83. The van der Waals surface area contributed by atoms with Crippen molar-refractivity contribution in [1.29, 1.82) is 0 Å². The fourth-order valence-corrected chi connectivity index (χ4v) is 2.69. The molecule has 0 aromatic heterocycles. The van der Waals surface area contributed by atoms with Gasteiger partial charge in [-0.15, -0.1) is 12.4 Å². The summed E-state index contributed by atoms with van der Waals surface area (Å²) in [6.45, 7) is 8.89. The molecule has 1 fully saturated rings. The van der Waals surface area contributed by atoms with Crippen LogP contribution in [0, 0.1) is 5.92 Å². The van der Waals surface area contributed by atoms with Gasteiger partial charge in [0.05, 0.1) is 33.0 Å². The van der Waals surface area contributed by atoms with Gasteiger partial charge in [0.2, 0.25) is 5.91 Å². The minimum atomic E-state index is -0.106. The van der Waals surface area contributed by atoms with Gasteiger partial charge in [-0.05, 0) is 30.5 Å². The number of methoxy groups -OCH3 is 1. The lowest BCUT2D eigenvalue weighted by molar-refractivity contribution is -0.122. The van der Waals surface area contributed by atoms with Crippen LogP contribution in [-0.4, -0.2) is 45.4 Å². The Balaban J connectivity index is 0.00000338. The Hall–Kier alpha value is -1.50. The van der Waals surface area contributed by atoms with Gasteiger partial charge in [0.1, 0.15) is 0 Å². The molecule has 1 heterocycles. The molecule has 1 aliphatic heterocycles. The van der Waals surface area contributed by atoms with Gasteiger partial charge in [-0.2, -0.15) is 0 Å². The van der Waals surface area contributed by atoms with Crippen molar-refractivity contribution in [2.45, 2.75) is 39.3 Å². The Morgan fingerprint density at radius 3 is 2.73 bits per heavy atom. The highest BCUT2D eigenvalue weighted by Crippen LogP contribution is 2.30. The third-order valence-electron chi connectivity index (χ3n) is 4.07. The van der Waals surface area contributed by atoms with Crippen molar-refractivity contribution >= 4 is 18.3 Å². The number of ether oxygens (including phenoxy) is 3. The maximum atomic E-state index is 12.2. The molecule has 2 atom stereocenters. The molecule has 1 aromatic rings. The standard InChI is InChI=1S/C19H30N2O4.ClH/c1-13(2)11-25-17-6-5-15(9-18(17)23-4)14(3)21-19(22)10-16-12-24-8-7-20-16;/h5-6,9,13-14,16,20H,7-8,10-12H2,1-4H3,(H,21,22);1H. The van der Waals surface area contributed by atoms with E-state index in [0.29, 0.717) is 37.9 Å². The van der Waals surface area contributed by atoms with Crippen molar-refractivity contribution in [3.8, 4) is 11.5 Å². The van der Waals surface area contributed by atoms with Crippen molar-refractivity contribution in [3.63, 3.8) is 0 Å². The minimum absolute atomic E-state index is 0. The fraction of sp³-hybridized carbons (Fsp3) is 0.632. The summed E-state index contributed by atoms with van der Waals surface area (Å²) in [5.74, 6) is 1.86. The van der Waals surface area contributed by atoms with Crippen LogP contribution < -0.4 is 20.1 Å². The molecule has 6 nitrogen and oxygen atoms in total. The highest BCUT2D eigenvalue weighted by molar-refractivity contribution is 5.85. The number of morpholine rings is 1. The number of amides is 1. The van der Waals surface area contributed by atoms with Gasteiger partial charge in [-0.3, -0.25) is 4.79 Å². The summed E-state index contributed by atoms with van der Waals surface area (Å²) < 4.78 is 16.6. The molecule has 148 valence electrons. The number of nitrogens with one attached hydrogen (secondary N) is 2.